The highest BCUT2D eigenvalue weighted by atomic mass is 35.5. The second kappa shape index (κ2) is 11.8. The Bertz CT molecular complexity index is 1890. The van der Waals surface area contributed by atoms with Crippen molar-refractivity contribution >= 4 is 28.6 Å². The second-order valence-electron chi connectivity index (χ2n) is 10.3. The molecule has 9 nitrogen and oxygen atoms in total. The van der Waals surface area contributed by atoms with E-state index in [0.717, 1.165) is 22.4 Å². The molecule has 0 saturated carbocycles. The molecule has 44 heavy (non-hydrogen) atoms. The molecule has 1 aliphatic rings. The molecule has 0 bridgehead atoms. The summed E-state index contributed by atoms with van der Waals surface area (Å²) in [4.78, 5) is 21.8. The summed E-state index contributed by atoms with van der Waals surface area (Å²) in [5.74, 6) is -0.286. The number of rotatable bonds is 9. The topological polar surface area (TPSA) is 93.9 Å². The second-order valence-corrected chi connectivity index (χ2v) is 10.8. The minimum atomic E-state index is -1.40. The van der Waals surface area contributed by atoms with E-state index in [4.69, 9.17) is 45.3 Å². The van der Waals surface area contributed by atoms with Gasteiger partial charge in [0.2, 0.25) is 5.88 Å². The number of methoxy groups -OCH3 is 3. The van der Waals surface area contributed by atoms with Crippen molar-refractivity contribution in [1.29, 1.82) is 0 Å². The lowest BCUT2D eigenvalue weighted by Gasteiger charge is -2.24. The molecule has 1 aliphatic heterocycles. The third-order valence-electron chi connectivity index (χ3n) is 7.53. The number of nitrogens with zero attached hydrogens (tertiary/aromatic N) is 3. The summed E-state index contributed by atoms with van der Waals surface area (Å²) in [7, 11) is 4.54. The van der Waals surface area contributed by atoms with E-state index in [0.29, 0.717) is 53.8 Å². The summed E-state index contributed by atoms with van der Waals surface area (Å²) in [5.41, 5.74) is 4.24. The SMILES string of the molecule is COCCn1c(Cc2ccc(-c3cccc4c3OC(C)(c3ccc(Cl)cc3F)O4)nc2OC)nc2ccc(C(=O)OC)cc21. The largest absolute Gasteiger partial charge is 0.481 e. The Morgan fingerprint density at radius 2 is 1.86 bits per heavy atom. The van der Waals surface area contributed by atoms with Crippen LogP contribution in [0, 0.1) is 5.82 Å². The number of benzene rings is 3. The molecule has 11 heteroatoms. The van der Waals surface area contributed by atoms with E-state index in [2.05, 4.69) is 0 Å². The molecule has 2 aromatic heterocycles. The predicted octanol–water partition coefficient (Wildman–Crippen LogP) is 6.57. The van der Waals surface area contributed by atoms with Gasteiger partial charge in [0.05, 0.1) is 48.7 Å². The Morgan fingerprint density at radius 3 is 2.61 bits per heavy atom. The fourth-order valence-electron chi connectivity index (χ4n) is 5.38. The van der Waals surface area contributed by atoms with Crippen molar-refractivity contribution < 1.29 is 32.9 Å². The quantitative estimate of drug-likeness (QED) is 0.172. The number of para-hydroxylation sites is 1. The van der Waals surface area contributed by atoms with Gasteiger partial charge in [-0.2, -0.15) is 0 Å². The van der Waals surface area contributed by atoms with E-state index in [9.17, 15) is 9.18 Å². The van der Waals surface area contributed by atoms with Crippen LogP contribution in [0.5, 0.6) is 17.4 Å². The van der Waals surface area contributed by atoms with Crippen molar-refractivity contribution in [2.24, 2.45) is 0 Å². The molecule has 3 aromatic carbocycles. The third kappa shape index (κ3) is 5.31. The van der Waals surface area contributed by atoms with Gasteiger partial charge in [0.1, 0.15) is 11.6 Å². The first kappa shape index (κ1) is 29.4. The number of carbonyl (C=O) groups excluding carboxylic acids is 1. The van der Waals surface area contributed by atoms with Crippen LogP contribution in [0.2, 0.25) is 5.02 Å². The fraction of sp³-hybridized carbons (Fsp3) is 0.242. The van der Waals surface area contributed by atoms with Crippen molar-refractivity contribution in [2.75, 3.05) is 27.9 Å². The van der Waals surface area contributed by atoms with E-state index in [1.807, 2.05) is 28.8 Å². The average Bonchev–Trinajstić information content (AvgIpc) is 3.55. The van der Waals surface area contributed by atoms with Crippen molar-refractivity contribution in [1.82, 2.24) is 14.5 Å². The number of hydrogen-bond donors (Lipinski definition) is 0. The number of fused-ring (bicyclic) bond motifs is 2. The molecule has 0 saturated heterocycles. The monoisotopic (exact) mass is 617 g/mol. The Labute approximate surface area is 258 Å². The third-order valence-corrected chi connectivity index (χ3v) is 7.76. The lowest BCUT2D eigenvalue weighted by atomic mass is 10.1. The highest BCUT2D eigenvalue weighted by Crippen LogP contribution is 2.49. The van der Waals surface area contributed by atoms with Gasteiger partial charge in [-0.25, -0.2) is 19.2 Å². The van der Waals surface area contributed by atoms with Crippen LogP contribution < -0.4 is 14.2 Å². The Balaban J connectivity index is 1.34. The van der Waals surface area contributed by atoms with Gasteiger partial charge in [0.25, 0.3) is 5.79 Å². The molecular weight excluding hydrogens is 589 g/mol. The van der Waals surface area contributed by atoms with Gasteiger partial charge < -0.3 is 28.3 Å². The molecule has 0 amide bonds. The summed E-state index contributed by atoms with van der Waals surface area (Å²) in [6.07, 6.45) is 0.406. The number of halogens is 2. The van der Waals surface area contributed by atoms with Crippen LogP contribution in [0.15, 0.2) is 66.7 Å². The van der Waals surface area contributed by atoms with E-state index >= 15 is 0 Å². The fourth-order valence-corrected chi connectivity index (χ4v) is 5.54. The summed E-state index contributed by atoms with van der Waals surface area (Å²) in [6.45, 7) is 2.64. The zero-order valence-corrected chi connectivity index (χ0v) is 25.3. The van der Waals surface area contributed by atoms with Gasteiger partial charge in [-0.05, 0) is 54.6 Å². The number of pyridine rings is 1. The predicted molar refractivity (Wildman–Crippen MR) is 162 cm³/mol. The maximum absolute atomic E-state index is 14.8. The average molecular weight is 618 g/mol. The summed E-state index contributed by atoms with van der Waals surface area (Å²) >= 11 is 5.96. The highest BCUT2D eigenvalue weighted by molar-refractivity contribution is 6.30. The maximum Gasteiger partial charge on any atom is 0.337 e. The van der Waals surface area contributed by atoms with Crippen LogP contribution in [-0.2, 0) is 28.2 Å². The van der Waals surface area contributed by atoms with Gasteiger partial charge in [0.15, 0.2) is 11.5 Å². The summed E-state index contributed by atoms with van der Waals surface area (Å²) in [6, 6.07) is 18.9. The first-order valence-corrected chi connectivity index (χ1v) is 14.2. The molecule has 1 atom stereocenters. The van der Waals surface area contributed by atoms with Gasteiger partial charge in [-0.3, -0.25) is 0 Å². The molecule has 3 heterocycles. The molecule has 0 fully saturated rings. The van der Waals surface area contributed by atoms with Crippen molar-refractivity contribution in [2.45, 2.75) is 25.7 Å². The summed E-state index contributed by atoms with van der Waals surface area (Å²) in [5, 5.41) is 0.280. The molecule has 0 aliphatic carbocycles. The Morgan fingerprint density at radius 1 is 1.02 bits per heavy atom. The molecule has 5 aromatic rings. The minimum Gasteiger partial charge on any atom is -0.481 e. The normalized spacial score (nSPS) is 15.5. The van der Waals surface area contributed by atoms with Crippen LogP contribution in [0.25, 0.3) is 22.3 Å². The zero-order chi connectivity index (χ0) is 31.0. The lowest BCUT2D eigenvalue weighted by Crippen LogP contribution is -2.32. The Hall–Kier alpha value is -4.67. The van der Waals surface area contributed by atoms with E-state index in [-0.39, 0.29) is 10.6 Å². The molecule has 226 valence electrons. The number of ether oxygens (including phenoxy) is 5. The van der Waals surface area contributed by atoms with Gasteiger partial charge in [0, 0.05) is 43.1 Å². The van der Waals surface area contributed by atoms with Crippen LogP contribution in [0.1, 0.15) is 34.2 Å². The molecule has 0 N–H and O–H groups in total. The number of hydrogen-bond acceptors (Lipinski definition) is 8. The van der Waals surface area contributed by atoms with E-state index in [1.165, 1.54) is 13.2 Å². The first-order valence-electron chi connectivity index (χ1n) is 13.8. The zero-order valence-electron chi connectivity index (χ0n) is 24.5. The van der Waals surface area contributed by atoms with E-state index in [1.54, 1.807) is 57.5 Å². The number of carbonyl (C=O) groups is 1. The first-order chi connectivity index (χ1) is 21.2. The van der Waals surface area contributed by atoms with Gasteiger partial charge in [-0.15, -0.1) is 0 Å². The molecule has 1 unspecified atom stereocenters. The molecule has 0 spiro atoms. The van der Waals surface area contributed by atoms with Crippen molar-refractivity contribution in [3.8, 4) is 28.6 Å². The van der Waals surface area contributed by atoms with Crippen LogP contribution >= 0.6 is 11.6 Å². The molecule has 0 radical (unpaired) electrons. The van der Waals surface area contributed by atoms with Gasteiger partial charge in [-0.1, -0.05) is 23.7 Å². The molecule has 6 rings (SSSR count). The highest BCUT2D eigenvalue weighted by Gasteiger charge is 2.42. The smallest absolute Gasteiger partial charge is 0.337 e. The van der Waals surface area contributed by atoms with Crippen LogP contribution in [0.4, 0.5) is 4.39 Å². The lowest BCUT2D eigenvalue weighted by molar-refractivity contribution is -0.0705. The Kier molecular flexibility index (Phi) is 7.87. The minimum absolute atomic E-state index is 0.222. The van der Waals surface area contributed by atoms with Gasteiger partial charge >= 0.3 is 5.97 Å². The number of aromatic nitrogens is 3. The number of esters is 1. The van der Waals surface area contributed by atoms with Crippen molar-refractivity contribution in [3.05, 3.63) is 100 Å². The van der Waals surface area contributed by atoms with E-state index < -0.39 is 17.6 Å². The summed E-state index contributed by atoms with van der Waals surface area (Å²) < 4.78 is 45.2. The molecular formula is C33H29ClFN3O6. The standard InChI is InChI=1S/C33H29ClFN3O6/c1-33(23-11-10-21(34)18-24(23)35)43-28-7-5-6-22(30(28)44-33)25-12-8-19(31(37-25)41-3)17-29-36-26-13-9-20(32(39)42-4)16-27(26)38(29)14-15-40-2/h5-13,16,18H,14-15,17H2,1-4H3. The maximum atomic E-state index is 14.8. The van der Waals surface area contributed by atoms with Crippen LogP contribution in [-0.4, -0.2) is 48.4 Å². The van der Waals surface area contributed by atoms with Crippen molar-refractivity contribution in [3.63, 3.8) is 0 Å². The van der Waals surface area contributed by atoms with Crippen LogP contribution in [0.3, 0.4) is 0 Å². The number of imidazole rings is 1.